The van der Waals surface area contributed by atoms with Crippen molar-refractivity contribution in [2.45, 2.75) is 11.8 Å². The zero-order valence-electron chi connectivity index (χ0n) is 21.2. The van der Waals surface area contributed by atoms with Crippen LogP contribution in [0.4, 0.5) is 11.4 Å². The van der Waals surface area contributed by atoms with Gasteiger partial charge in [0.25, 0.3) is 10.0 Å². The number of carbonyl (C=O) groups excluding carboxylic acids is 1. The van der Waals surface area contributed by atoms with Gasteiger partial charge in [-0.2, -0.15) is 0 Å². The topological polar surface area (TPSA) is 112 Å². The molecule has 0 aliphatic rings. The van der Waals surface area contributed by atoms with Crippen molar-refractivity contribution in [3.05, 3.63) is 76.7 Å². The number of hydrogen-bond acceptors (Lipinski definition) is 6. The molecular formula is C26H28N4O6S. The molecule has 0 saturated heterocycles. The highest BCUT2D eigenvalue weighted by atomic mass is 32.2. The van der Waals surface area contributed by atoms with Gasteiger partial charge in [0.2, 0.25) is 5.91 Å². The molecule has 0 aliphatic heterocycles. The van der Waals surface area contributed by atoms with Gasteiger partial charge in [-0.05, 0) is 49.4 Å². The first-order chi connectivity index (χ1) is 17.6. The Morgan fingerprint density at radius 1 is 0.919 bits per heavy atom. The lowest BCUT2D eigenvalue weighted by molar-refractivity contribution is -0.114. The highest BCUT2D eigenvalue weighted by molar-refractivity contribution is 7.92. The fraction of sp³-hybridized carbons (Fsp3) is 0.231. The number of aromatic nitrogens is 2. The van der Waals surface area contributed by atoms with Crippen molar-refractivity contribution in [2.24, 2.45) is 14.1 Å². The van der Waals surface area contributed by atoms with Gasteiger partial charge < -0.3 is 14.8 Å². The number of imidazole rings is 1. The predicted molar refractivity (Wildman–Crippen MR) is 142 cm³/mol. The quantitative estimate of drug-likeness (QED) is 0.379. The van der Waals surface area contributed by atoms with Gasteiger partial charge in [-0.15, -0.1) is 0 Å². The van der Waals surface area contributed by atoms with E-state index in [0.717, 1.165) is 9.87 Å². The number of aryl methyl sites for hydroxylation is 3. The molecule has 4 aromatic rings. The van der Waals surface area contributed by atoms with E-state index >= 15 is 0 Å². The molecule has 1 N–H and O–H groups in total. The molecule has 0 radical (unpaired) electrons. The SMILES string of the molecule is COc1ccc(OC)c(N(CC(=O)Nc2ccc3c(c2)n(C)c(=O)n3C)S(=O)(=O)c2ccc(C)cc2)c1. The van der Waals surface area contributed by atoms with Crippen LogP contribution < -0.4 is 24.8 Å². The van der Waals surface area contributed by atoms with Gasteiger partial charge in [0.05, 0.1) is 35.8 Å². The molecule has 10 nitrogen and oxygen atoms in total. The number of fused-ring (bicyclic) bond motifs is 1. The van der Waals surface area contributed by atoms with Gasteiger partial charge in [-0.1, -0.05) is 17.7 Å². The number of carbonyl (C=O) groups is 1. The highest BCUT2D eigenvalue weighted by Crippen LogP contribution is 2.35. The summed E-state index contributed by atoms with van der Waals surface area (Å²) in [5, 5.41) is 2.75. The van der Waals surface area contributed by atoms with Crippen LogP contribution in [0.2, 0.25) is 0 Å². The smallest absolute Gasteiger partial charge is 0.328 e. The summed E-state index contributed by atoms with van der Waals surface area (Å²) >= 11 is 0. The Kier molecular flexibility index (Phi) is 6.99. The van der Waals surface area contributed by atoms with Crippen molar-refractivity contribution in [1.29, 1.82) is 0 Å². The Morgan fingerprint density at radius 2 is 1.59 bits per heavy atom. The zero-order valence-corrected chi connectivity index (χ0v) is 22.0. The first kappa shape index (κ1) is 25.8. The highest BCUT2D eigenvalue weighted by Gasteiger charge is 2.30. The van der Waals surface area contributed by atoms with E-state index in [1.807, 2.05) is 6.92 Å². The molecule has 0 saturated carbocycles. The van der Waals surface area contributed by atoms with E-state index in [1.165, 1.54) is 41.6 Å². The standard InChI is InChI=1S/C26H28N4O6S/c1-17-6-10-20(11-7-17)37(33,34)30(23-15-19(35-4)9-13-24(23)36-5)16-25(31)27-18-8-12-21-22(14-18)29(3)26(32)28(21)2/h6-15H,16H2,1-5H3,(H,27,31). The molecule has 194 valence electrons. The van der Waals surface area contributed by atoms with Crippen LogP contribution in [0.1, 0.15) is 5.56 Å². The predicted octanol–water partition coefficient (Wildman–Crippen LogP) is 3.04. The number of nitrogens with one attached hydrogen (secondary N) is 1. The van der Waals surface area contributed by atoms with Crippen molar-refractivity contribution < 1.29 is 22.7 Å². The maximum atomic E-state index is 13.8. The lowest BCUT2D eigenvalue weighted by Crippen LogP contribution is -2.38. The zero-order chi connectivity index (χ0) is 26.9. The monoisotopic (exact) mass is 524 g/mol. The van der Waals surface area contributed by atoms with Gasteiger partial charge in [0.15, 0.2) is 0 Å². The van der Waals surface area contributed by atoms with Crippen molar-refractivity contribution in [3.63, 3.8) is 0 Å². The van der Waals surface area contributed by atoms with E-state index in [-0.39, 0.29) is 22.0 Å². The van der Waals surface area contributed by atoms with Crippen LogP contribution in [0.25, 0.3) is 11.0 Å². The number of anilines is 2. The van der Waals surface area contributed by atoms with Crippen molar-refractivity contribution in [3.8, 4) is 11.5 Å². The molecule has 0 fully saturated rings. The molecule has 0 aliphatic carbocycles. The van der Waals surface area contributed by atoms with E-state index in [1.54, 1.807) is 56.6 Å². The Labute approximate surface area is 214 Å². The van der Waals surface area contributed by atoms with Gasteiger partial charge in [0, 0.05) is 25.8 Å². The van der Waals surface area contributed by atoms with Gasteiger partial charge in [0.1, 0.15) is 18.0 Å². The average molecular weight is 525 g/mol. The van der Waals surface area contributed by atoms with Crippen molar-refractivity contribution in [2.75, 3.05) is 30.4 Å². The summed E-state index contributed by atoms with van der Waals surface area (Å²) in [5.74, 6) is 0.0709. The molecular weight excluding hydrogens is 496 g/mol. The second kappa shape index (κ2) is 10.0. The van der Waals surface area contributed by atoms with Crippen LogP contribution in [0.15, 0.2) is 70.4 Å². The number of hydrogen-bond donors (Lipinski definition) is 1. The second-order valence-corrected chi connectivity index (χ2v) is 10.4. The van der Waals surface area contributed by atoms with Crippen LogP contribution in [0.5, 0.6) is 11.5 Å². The first-order valence-electron chi connectivity index (χ1n) is 11.3. The summed E-state index contributed by atoms with van der Waals surface area (Å²) in [7, 11) is 2.01. The van der Waals surface area contributed by atoms with Crippen LogP contribution in [-0.2, 0) is 28.9 Å². The van der Waals surface area contributed by atoms with Crippen LogP contribution in [-0.4, -0.2) is 44.2 Å². The molecule has 1 aromatic heterocycles. The Balaban J connectivity index is 1.74. The number of sulfonamides is 1. The number of methoxy groups -OCH3 is 2. The number of rotatable bonds is 8. The Hall–Kier alpha value is -4.25. The van der Waals surface area contributed by atoms with Crippen LogP contribution in [0, 0.1) is 6.92 Å². The summed E-state index contributed by atoms with van der Waals surface area (Å²) in [6.45, 7) is 1.32. The number of amides is 1. The summed E-state index contributed by atoms with van der Waals surface area (Å²) in [4.78, 5) is 25.5. The summed E-state index contributed by atoms with van der Waals surface area (Å²) < 4.78 is 42.2. The number of benzene rings is 3. The largest absolute Gasteiger partial charge is 0.497 e. The third kappa shape index (κ3) is 4.90. The second-order valence-electron chi connectivity index (χ2n) is 8.51. The minimum absolute atomic E-state index is 0.0245. The fourth-order valence-electron chi connectivity index (χ4n) is 4.04. The molecule has 0 unspecified atom stereocenters. The van der Waals surface area contributed by atoms with E-state index < -0.39 is 22.5 Å². The number of nitrogens with zero attached hydrogens (tertiary/aromatic N) is 3. The van der Waals surface area contributed by atoms with Crippen molar-refractivity contribution in [1.82, 2.24) is 9.13 Å². The minimum Gasteiger partial charge on any atom is -0.497 e. The van der Waals surface area contributed by atoms with Crippen LogP contribution >= 0.6 is 0 Å². The van der Waals surface area contributed by atoms with E-state index in [2.05, 4.69) is 5.32 Å². The fourth-order valence-corrected chi connectivity index (χ4v) is 5.47. The lowest BCUT2D eigenvalue weighted by Gasteiger charge is -2.26. The molecule has 11 heteroatoms. The molecule has 0 spiro atoms. The first-order valence-corrected chi connectivity index (χ1v) is 12.8. The molecule has 1 amide bonds. The lowest BCUT2D eigenvalue weighted by atomic mass is 10.2. The number of ether oxygens (including phenoxy) is 2. The van der Waals surface area contributed by atoms with Gasteiger partial charge in [-0.25, -0.2) is 13.2 Å². The molecule has 1 heterocycles. The maximum Gasteiger partial charge on any atom is 0.328 e. The Morgan fingerprint density at radius 3 is 2.24 bits per heavy atom. The molecule has 4 rings (SSSR count). The van der Waals surface area contributed by atoms with E-state index in [0.29, 0.717) is 22.5 Å². The van der Waals surface area contributed by atoms with Crippen LogP contribution in [0.3, 0.4) is 0 Å². The summed E-state index contributed by atoms with van der Waals surface area (Å²) in [5.41, 5.74) is 2.61. The summed E-state index contributed by atoms with van der Waals surface area (Å²) in [6.07, 6.45) is 0. The van der Waals surface area contributed by atoms with Crippen molar-refractivity contribution >= 4 is 38.3 Å². The summed E-state index contributed by atoms with van der Waals surface area (Å²) in [6, 6.07) is 16.1. The third-order valence-electron chi connectivity index (χ3n) is 6.11. The average Bonchev–Trinajstić information content (AvgIpc) is 3.10. The van der Waals surface area contributed by atoms with E-state index in [9.17, 15) is 18.0 Å². The van der Waals surface area contributed by atoms with Gasteiger partial charge >= 0.3 is 5.69 Å². The maximum absolute atomic E-state index is 13.8. The molecule has 0 atom stereocenters. The Bertz CT molecular complexity index is 1640. The molecule has 0 bridgehead atoms. The van der Waals surface area contributed by atoms with Gasteiger partial charge in [-0.3, -0.25) is 18.2 Å². The molecule has 3 aromatic carbocycles. The molecule has 37 heavy (non-hydrogen) atoms. The normalized spacial score (nSPS) is 11.4. The minimum atomic E-state index is -4.17. The third-order valence-corrected chi connectivity index (χ3v) is 7.88. The van der Waals surface area contributed by atoms with E-state index in [4.69, 9.17) is 9.47 Å².